The monoisotopic (exact) mass is 1680 g/mol. The molecule has 4 saturated heterocycles. The highest BCUT2D eigenvalue weighted by atomic mass is 16.5. The van der Waals surface area contributed by atoms with Crippen molar-refractivity contribution >= 4 is 68.0 Å². The third-order valence-electron chi connectivity index (χ3n) is 24.1. The molecule has 4 aliphatic rings. The van der Waals surface area contributed by atoms with E-state index in [0.29, 0.717) is 44.1 Å². The first kappa shape index (κ1) is 84.2. The van der Waals surface area contributed by atoms with E-state index in [4.69, 9.17) is 9.47 Å². The molecule has 0 unspecified atom stereocenters. The first-order chi connectivity index (χ1) is 61.4. The van der Waals surface area contributed by atoms with Crippen LogP contribution in [0.1, 0.15) is 89.4 Å². The molecule has 0 radical (unpaired) electrons. The Kier molecular flexibility index (Phi) is 25.4. The van der Waals surface area contributed by atoms with Crippen LogP contribution in [0.5, 0.6) is 0 Å². The van der Waals surface area contributed by atoms with Crippen LogP contribution in [0.2, 0.25) is 0 Å². The van der Waals surface area contributed by atoms with Crippen LogP contribution in [0.3, 0.4) is 0 Å². The van der Waals surface area contributed by atoms with Gasteiger partial charge < -0.3 is 39.0 Å². The molecule has 0 spiro atoms. The molecule has 0 bridgehead atoms. The Morgan fingerprint density at radius 3 is 0.810 bits per heavy atom. The Balaban J connectivity index is 0.000000119. The van der Waals surface area contributed by atoms with Gasteiger partial charge in [0.15, 0.2) is 0 Å². The number of carboxylic acids is 4. The van der Waals surface area contributed by atoms with E-state index < -0.39 is 23.9 Å². The fraction of sp³-hybridized carbons (Fsp3) is 0.235. The molecule has 0 saturated carbocycles. The van der Waals surface area contributed by atoms with Crippen LogP contribution < -0.4 is 0 Å². The summed E-state index contributed by atoms with van der Waals surface area (Å²) in [5.74, 6) is -3.90. The molecular weight excluding hydrogens is 1580 g/mol. The zero-order valence-electron chi connectivity index (χ0n) is 70.9. The van der Waals surface area contributed by atoms with Crippen LogP contribution in [0, 0.1) is 0 Å². The number of benzene rings is 12. The molecule has 0 aliphatic carbocycles. The van der Waals surface area contributed by atoms with Gasteiger partial charge in [-0.1, -0.05) is 194 Å². The highest BCUT2D eigenvalue weighted by molar-refractivity contribution is 6.06. The van der Waals surface area contributed by atoms with Crippen molar-refractivity contribution in [3.8, 4) is 89.0 Å². The van der Waals surface area contributed by atoms with E-state index in [2.05, 4.69) is 220 Å². The number of nitrogens with zero attached hydrogens (tertiary/aromatic N) is 14. The molecule has 4 fully saturated rings. The first-order valence-corrected chi connectivity index (χ1v) is 42.7. The Hall–Kier alpha value is -14.0. The van der Waals surface area contributed by atoms with Crippen molar-refractivity contribution < 1.29 is 49.1 Å². The summed E-state index contributed by atoms with van der Waals surface area (Å²) in [5.41, 5.74) is 27.5. The number of rotatable bonds is 20. The number of ether oxygens (including phenoxy) is 2. The number of hydrogen-bond donors (Lipinski definition) is 4. The van der Waals surface area contributed by atoms with Gasteiger partial charge in [-0.3, -0.25) is 19.6 Å². The average molecular weight is 1680 g/mol. The summed E-state index contributed by atoms with van der Waals surface area (Å²) in [4.78, 5) is 68.6. The van der Waals surface area contributed by atoms with Crippen molar-refractivity contribution in [2.45, 2.75) is 51.9 Å². The van der Waals surface area contributed by atoms with Crippen molar-refractivity contribution in [3.63, 3.8) is 0 Å². The predicted molar refractivity (Wildman–Crippen MR) is 491 cm³/mol. The van der Waals surface area contributed by atoms with Crippen LogP contribution in [0.25, 0.3) is 133 Å². The van der Waals surface area contributed by atoms with E-state index in [9.17, 15) is 39.6 Å². The predicted octanol–water partition coefficient (Wildman–Crippen LogP) is 18.1. The zero-order valence-corrected chi connectivity index (χ0v) is 70.9. The SMILES string of the molecule is Cn1cnc2cc(-c3ccc(-c4ccccc4CN4CCCC4)cc3)cc(C(=O)O)c21.Cn1cnc2cc(-c3ccc(-c4ccccc4CN4CCOCC4)cc3)cc(C(=O)O)c21.Cn1nc2cc(-c3ccc(-c4ccccc4CN4CCCC4)cc3)cc(C(=O)O)c2n1.Cn1nc2cc(-c3ccc(-c4ccccc4CN4CCOCC4)cc3)cc(C(=O)O)c2n1. The van der Waals surface area contributed by atoms with E-state index in [0.717, 1.165) is 140 Å². The lowest BCUT2D eigenvalue weighted by molar-refractivity contribution is 0.0342. The Morgan fingerprint density at radius 2 is 0.532 bits per heavy atom. The van der Waals surface area contributed by atoms with Crippen molar-refractivity contribution in [3.05, 3.63) is 300 Å². The molecule has 126 heavy (non-hydrogen) atoms. The van der Waals surface area contributed by atoms with Crippen molar-refractivity contribution in [1.29, 1.82) is 0 Å². The number of aromatic carboxylic acids is 4. The van der Waals surface area contributed by atoms with Gasteiger partial charge in [0.1, 0.15) is 22.1 Å². The largest absolute Gasteiger partial charge is 0.478 e. The summed E-state index contributed by atoms with van der Waals surface area (Å²) in [6.07, 6.45) is 8.44. The molecule has 8 heterocycles. The smallest absolute Gasteiger partial charge is 0.338 e. The number of imidazole rings is 2. The third kappa shape index (κ3) is 19.0. The summed E-state index contributed by atoms with van der Waals surface area (Å²) in [6, 6.07) is 81.9. The van der Waals surface area contributed by atoms with Crippen LogP contribution in [0.4, 0.5) is 0 Å². The van der Waals surface area contributed by atoms with Gasteiger partial charge in [0.2, 0.25) is 0 Å². The first-order valence-electron chi connectivity index (χ1n) is 42.7. The number of likely N-dealkylation sites (tertiary alicyclic amines) is 2. The molecule has 20 rings (SSSR count). The quantitative estimate of drug-likeness (QED) is 0.0552. The summed E-state index contributed by atoms with van der Waals surface area (Å²) >= 11 is 0. The molecule has 16 aromatic rings. The second-order valence-electron chi connectivity index (χ2n) is 32.6. The van der Waals surface area contributed by atoms with E-state index in [1.54, 1.807) is 60.1 Å². The van der Waals surface area contributed by atoms with E-state index in [-0.39, 0.29) is 22.3 Å². The highest BCUT2D eigenvalue weighted by Crippen LogP contribution is 2.38. The number of carboxylic acid groups (broad SMARTS) is 4. The molecule has 4 aliphatic heterocycles. The fourth-order valence-electron chi connectivity index (χ4n) is 17.6. The average Bonchev–Trinajstić information content (AvgIpc) is 1.60. The lowest BCUT2D eigenvalue weighted by Gasteiger charge is -2.27. The third-order valence-corrected chi connectivity index (χ3v) is 24.1. The molecule has 4 N–H and O–H groups in total. The number of aryl methyl sites for hydroxylation is 4. The number of fused-ring (bicyclic) bond motifs is 4. The minimum absolute atomic E-state index is 0.158. The van der Waals surface area contributed by atoms with Gasteiger partial charge in [-0.25, -0.2) is 29.1 Å². The maximum absolute atomic E-state index is 11.8. The Bertz CT molecular complexity index is 6430. The maximum Gasteiger partial charge on any atom is 0.338 e. The molecule has 24 nitrogen and oxygen atoms in total. The second kappa shape index (κ2) is 38.0. The molecule has 636 valence electrons. The maximum atomic E-state index is 11.8. The Morgan fingerprint density at radius 1 is 0.286 bits per heavy atom. The van der Waals surface area contributed by atoms with Gasteiger partial charge in [-0.05, 0) is 212 Å². The van der Waals surface area contributed by atoms with Crippen molar-refractivity contribution in [2.24, 2.45) is 28.2 Å². The molecule has 0 amide bonds. The summed E-state index contributed by atoms with van der Waals surface area (Å²) < 4.78 is 14.4. The Labute approximate surface area is 729 Å². The van der Waals surface area contributed by atoms with Crippen LogP contribution >= 0.6 is 0 Å². The van der Waals surface area contributed by atoms with Crippen LogP contribution in [-0.4, -0.2) is 192 Å². The zero-order chi connectivity index (χ0) is 86.9. The second-order valence-corrected chi connectivity index (χ2v) is 32.6. The normalized spacial score (nSPS) is 14.5. The van der Waals surface area contributed by atoms with Gasteiger partial charge in [0, 0.05) is 80.5 Å². The van der Waals surface area contributed by atoms with Gasteiger partial charge in [0.25, 0.3) is 0 Å². The van der Waals surface area contributed by atoms with Gasteiger partial charge >= 0.3 is 23.9 Å². The molecule has 4 aromatic heterocycles. The van der Waals surface area contributed by atoms with Gasteiger partial charge in [-0.15, -0.1) is 0 Å². The molecule has 12 aromatic carbocycles. The number of morpholine rings is 2. The highest BCUT2D eigenvalue weighted by Gasteiger charge is 2.25. The van der Waals surface area contributed by atoms with E-state index >= 15 is 0 Å². The van der Waals surface area contributed by atoms with Gasteiger partial charge in [-0.2, -0.15) is 30.0 Å². The van der Waals surface area contributed by atoms with Gasteiger partial charge in [0.05, 0.1) is 83.4 Å². The number of hydrogen-bond acceptors (Lipinski definition) is 16. The molecule has 24 heteroatoms. The van der Waals surface area contributed by atoms with Crippen LogP contribution in [0.15, 0.2) is 255 Å². The molecule has 0 atom stereocenters. The fourth-order valence-corrected chi connectivity index (χ4v) is 17.6. The summed E-state index contributed by atoms with van der Waals surface area (Å²) in [7, 11) is 7.01. The minimum atomic E-state index is -1.01. The standard InChI is InChI=1S/C26H25N3O3.C26H25N3O2.C25H24N4O3.C25H24N4O2/c1-28-17-27-24-15-21(14-23(25(24)28)26(30)31)18-6-8-19(9-7-18)22-5-3-2-4-20(22)16-29-10-12-32-13-11-29;1-28-17-27-24-15-21(14-23(25(24)28)26(30)31)18-8-10-19(11-9-18)22-7-3-2-6-20(22)16-29-12-4-5-13-29;1-28-26-23-15-20(14-22(25(30)31)24(23)27-28)17-6-8-18(9-7-17)21-5-3-2-4-19(21)16-29-10-12-32-13-11-29;1-28-26-23-15-20(14-22(25(30)31)24(23)27-28)17-8-10-18(11-9-17)21-7-3-2-6-19(21)16-29-12-4-5-13-29/h2-9,14-15,17H,10-13,16H2,1H3,(H,30,31);2-3,6-11,14-15,17H,4-5,12-13,16H2,1H3,(H,30,31);2-9,14-15H,10-13,16H2,1H3,(H,30,31);2-3,6-11,14-15H,4-5,12-13,16H2,1H3,(H,30,31). The summed E-state index contributed by atoms with van der Waals surface area (Å²) in [6.45, 7) is 15.4. The lowest BCUT2D eigenvalue weighted by atomic mass is 9.95. The van der Waals surface area contributed by atoms with E-state index in [1.807, 2.05) is 62.6 Å². The number of carbonyl (C=O) groups is 4. The molecular formula is C102H98N14O10. The van der Waals surface area contributed by atoms with Crippen molar-refractivity contribution in [2.75, 3.05) is 78.8 Å². The minimum Gasteiger partial charge on any atom is -0.478 e. The van der Waals surface area contributed by atoms with Crippen LogP contribution in [-0.2, 0) is 63.8 Å². The van der Waals surface area contributed by atoms with E-state index in [1.165, 1.54) is 112 Å². The lowest BCUT2D eigenvalue weighted by Crippen LogP contribution is -2.35. The summed E-state index contributed by atoms with van der Waals surface area (Å²) in [5, 5.41) is 55.6. The number of aromatic nitrogens is 10. The van der Waals surface area contributed by atoms with Crippen molar-refractivity contribution in [1.82, 2.24) is 68.7 Å². The topological polar surface area (TPSA) is 278 Å².